The Labute approximate surface area is 161 Å². The highest BCUT2D eigenvalue weighted by Crippen LogP contribution is 2.29. The highest BCUT2D eigenvalue weighted by atomic mass is 19.3. The van der Waals surface area contributed by atoms with Crippen molar-refractivity contribution in [2.24, 2.45) is 0 Å². The minimum Gasteiger partial charge on any atom is -0.493 e. The van der Waals surface area contributed by atoms with Gasteiger partial charge >= 0.3 is 12.6 Å². The van der Waals surface area contributed by atoms with Crippen LogP contribution in [0, 0.1) is 13.8 Å². The van der Waals surface area contributed by atoms with Crippen LogP contribution < -0.4 is 9.47 Å². The van der Waals surface area contributed by atoms with Crippen molar-refractivity contribution in [3.05, 3.63) is 64.7 Å². The Morgan fingerprint density at radius 1 is 1.07 bits per heavy atom. The first-order valence-electron chi connectivity index (χ1n) is 8.38. The number of hydrogen-bond donors (Lipinski definition) is 0. The summed E-state index contributed by atoms with van der Waals surface area (Å²) in [5, 5.41) is 0. The fourth-order valence-electron chi connectivity index (χ4n) is 2.44. The number of ether oxygens (including phenoxy) is 3. The van der Waals surface area contributed by atoms with Crippen LogP contribution in [0.4, 0.5) is 8.78 Å². The van der Waals surface area contributed by atoms with Crippen molar-refractivity contribution in [1.82, 2.24) is 0 Å². The molecule has 0 saturated carbocycles. The van der Waals surface area contributed by atoms with Crippen molar-refractivity contribution in [1.29, 1.82) is 0 Å². The van der Waals surface area contributed by atoms with Crippen LogP contribution in [-0.2, 0) is 9.53 Å². The van der Waals surface area contributed by atoms with Crippen molar-refractivity contribution in [2.45, 2.75) is 20.5 Å². The lowest BCUT2D eigenvalue weighted by Gasteiger charge is -2.10. The first-order chi connectivity index (χ1) is 13.3. The molecule has 0 bridgehead atoms. The smallest absolute Gasteiger partial charge is 0.387 e. The third-order valence-corrected chi connectivity index (χ3v) is 3.85. The van der Waals surface area contributed by atoms with Crippen LogP contribution in [0.3, 0.4) is 0 Å². The van der Waals surface area contributed by atoms with Gasteiger partial charge in [0.2, 0.25) is 5.78 Å². The van der Waals surface area contributed by atoms with E-state index in [1.165, 1.54) is 31.4 Å². The Morgan fingerprint density at radius 3 is 2.50 bits per heavy atom. The van der Waals surface area contributed by atoms with Gasteiger partial charge < -0.3 is 14.2 Å². The summed E-state index contributed by atoms with van der Waals surface area (Å²) in [4.78, 5) is 24.1. The number of alkyl halides is 2. The number of ketones is 1. The number of benzene rings is 2. The average Bonchev–Trinajstić information content (AvgIpc) is 2.66. The topological polar surface area (TPSA) is 61.8 Å². The van der Waals surface area contributed by atoms with E-state index >= 15 is 0 Å². The summed E-state index contributed by atoms with van der Waals surface area (Å²) in [5.74, 6) is -1.01. The van der Waals surface area contributed by atoms with Crippen molar-refractivity contribution < 1.29 is 32.6 Å². The van der Waals surface area contributed by atoms with Gasteiger partial charge in [-0.05, 0) is 49.2 Å². The molecule has 0 aliphatic carbocycles. The van der Waals surface area contributed by atoms with Gasteiger partial charge in [-0.15, -0.1) is 0 Å². The lowest BCUT2D eigenvalue weighted by atomic mass is 10.0. The van der Waals surface area contributed by atoms with E-state index in [9.17, 15) is 18.4 Å². The fraction of sp³-hybridized carbons (Fsp3) is 0.238. The SMILES string of the molecule is COc1cc(/C=C/C(=O)OCC(=O)c2cc(C)ccc2C)ccc1OC(F)F. The predicted octanol–water partition coefficient (Wildman–Crippen LogP) is 4.35. The molecular formula is C21H20F2O5. The first kappa shape index (κ1) is 21.1. The van der Waals surface area contributed by atoms with E-state index in [0.717, 1.165) is 17.2 Å². The summed E-state index contributed by atoms with van der Waals surface area (Å²) in [6.45, 7) is 0.331. The number of Topliss-reactive ketones (excluding diaryl/α,β-unsaturated/α-hetero) is 1. The predicted molar refractivity (Wildman–Crippen MR) is 99.9 cm³/mol. The number of rotatable bonds is 8. The van der Waals surface area contributed by atoms with E-state index in [1.807, 2.05) is 26.0 Å². The van der Waals surface area contributed by atoms with Crippen LogP contribution in [0.25, 0.3) is 6.08 Å². The van der Waals surface area contributed by atoms with Crippen LogP contribution in [0.2, 0.25) is 0 Å². The molecule has 7 heteroatoms. The molecule has 0 radical (unpaired) electrons. The Morgan fingerprint density at radius 2 is 1.82 bits per heavy atom. The minimum atomic E-state index is -2.97. The van der Waals surface area contributed by atoms with Crippen LogP contribution >= 0.6 is 0 Å². The molecule has 0 atom stereocenters. The molecule has 0 spiro atoms. The van der Waals surface area contributed by atoms with E-state index in [4.69, 9.17) is 9.47 Å². The zero-order valence-corrected chi connectivity index (χ0v) is 15.7. The zero-order chi connectivity index (χ0) is 20.7. The van der Waals surface area contributed by atoms with Gasteiger partial charge in [-0.1, -0.05) is 23.8 Å². The lowest BCUT2D eigenvalue weighted by Crippen LogP contribution is -2.13. The maximum Gasteiger partial charge on any atom is 0.387 e. The van der Waals surface area contributed by atoms with Crippen molar-refractivity contribution >= 4 is 17.8 Å². The summed E-state index contributed by atoms with van der Waals surface area (Å²) < 4.78 is 39.0. The zero-order valence-electron chi connectivity index (χ0n) is 15.7. The molecule has 2 aromatic carbocycles. The van der Waals surface area contributed by atoms with Crippen LogP contribution in [0.5, 0.6) is 11.5 Å². The molecule has 0 aromatic heterocycles. The van der Waals surface area contributed by atoms with Gasteiger partial charge in [0.15, 0.2) is 18.1 Å². The highest BCUT2D eigenvalue weighted by molar-refractivity contribution is 6.00. The number of aryl methyl sites for hydroxylation is 2. The summed E-state index contributed by atoms with van der Waals surface area (Å²) in [6, 6.07) is 9.69. The van der Waals surface area contributed by atoms with Gasteiger partial charge in [-0.25, -0.2) is 4.79 Å². The number of carbonyl (C=O) groups is 2. The molecule has 2 aromatic rings. The summed E-state index contributed by atoms with van der Waals surface area (Å²) in [7, 11) is 1.31. The van der Waals surface area contributed by atoms with E-state index in [0.29, 0.717) is 11.1 Å². The van der Waals surface area contributed by atoms with Gasteiger partial charge in [0, 0.05) is 11.6 Å². The van der Waals surface area contributed by atoms with E-state index < -0.39 is 12.6 Å². The van der Waals surface area contributed by atoms with Gasteiger partial charge in [0.25, 0.3) is 0 Å². The summed E-state index contributed by atoms with van der Waals surface area (Å²) in [5.41, 5.74) is 2.76. The molecule has 148 valence electrons. The molecule has 0 unspecified atom stereocenters. The summed E-state index contributed by atoms with van der Waals surface area (Å²) in [6.07, 6.45) is 2.55. The second-order valence-electron chi connectivity index (χ2n) is 5.97. The molecule has 0 fully saturated rings. The average molecular weight is 390 g/mol. The van der Waals surface area contributed by atoms with E-state index in [2.05, 4.69) is 4.74 Å². The molecular weight excluding hydrogens is 370 g/mol. The van der Waals surface area contributed by atoms with E-state index in [-0.39, 0.29) is 23.9 Å². The van der Waals surface area contributed by atoms with Crippen molar-refractivity contribution in [2.75, 3.05) is 13.7 Å². The molecule has 28 heavy (non-hydrogen) atoms. The van der Waals surface area contributed by atoms with Gasteiger partial charge in [0.05, 0.1) is 7.11 Å². The Balaban J connectivity index is 1.98. The van der Waals surface area contributed by atoms with Crippen molar-refractivity contribution in [3.8, 4) is 11.5 Å². The second kappa shape index (κ2) is 9.64. The molecule has 5 nitrogen and oxygen atoms in total. The first-order valence-corrected chi connectivity index (χ1v) is 8.38. The molecule has 0 heterocycles. The Bertz CT molecular complexity index is 890. The standard InChI is InChI=1S/C21H20F2O5/c1-13-4-5-14(2)16(10-13)17(24)12-27-20(25)9-7-15-6-8-18(28-21(22)23)19(11-15)26-3/h4-11,21H,12H2,1-3H3/b9-7+. The largest absolute Gasteiger partial charge is 0.493 e. The lowest BCUT2D eigenvalue weighted by molar-refractivity contribution is -0.136. The maximum atomic E-state index is 12.3. The van der Waals surface area contributed by atoms with Gasteiger partial charge in [-0.2, -0.15) is 8.78 Å². The number of hydrogen-bond acceptors (Lipinski definition) is 5. The fourth-order valence-corrected chi connectivity index (χ4v) is 2.44. The molecule has 0 N–H and O–H groups in total. The quantitative estimate of drug-likeness (QED) is 0.381. The molecule has 0 amide bonds. The van der Waals surface area contributed by atoms with E-state index in [1.54, 1.807) is 6.07 Å². The second-order valence-corrected chi connectivity index (χ2v) is 5.97. The molecule has 2 rings (SSSR count). The third-order valence-electron chi connectivity index (χ3n) is 3.85. The van der Waals surface area contributed by atoms with Crippen LogP contribution in [-0.4, -0.2) is 32.1 Å². The normalized spacial score (nSPS) is 10.9. The van der Waals surface area contributed by atoms with Crippen LogP contribution in [0.15, 0.2) is 42.5 Å². The number of methoxy groups -OCH3 is 1. The molecule has 0 saturated heterocycles. The maximum absolute atomic E-state index is 12.3. The highest BCUT2D eigenvalue weighted by Gasteiger charge is 2.12. The number of esters is 1. The number of carbonyl (C=O) groups excluding carboxylic acids is 2. The molecule has 0 aliphatic heterocycles. The van der Waals surface area contributed by atoms with Crippen LogP contribution in [0.1, 0.15) is 27.0 Å². The summed E-state index contributed by atoms with van der Waals surface area (Å²) >= 11 is 0. The molecule has 0 aliphatic rings. The van der Waals surface area contributed by atoms with Crippen molar-refractivity contribution in [3.63, 3.8) is 0 Å². The monoisotopic (exact) mass is 390 g/mol. The Hall–Kier alpha value is -3.22. The number of halogens is 2. The minimum absolute atomic E-state index is 0.0981. The Kier molecular flexibility index (Phi) is 7.26. The van der Waals surface area contributed by atoms with Gasteiger partial charge in [0.1, 0.15) is 0 Å². The third kappa shape index (κ3) is 5.90. The van der Waals surface area contributed by atoms with Gasteiger partial charge in [-0.3, -0.25) is 4.79 Å².